The average Bonchev–Trinajstić information content (AvgIpc) is 3.08. The lowest BCUT2D eigenvalue weighted by molar-refractivity contribution is -0.129. The molecule has 2 aromatic rings. The Morgan fingerprint density at radius 3 is 2.44 bits per heavy atom. The third kappa shape index (κ3) is 4.33. The molecule has 3 nitrogen and oxygen atoms in total. The van der Waals surface area contributed by atoms with Gasteiger partial charge in [-0.3, -0.25) is 9.00 Å². The maximum Gasteiger partial charge on any atom is 0.250 e. The molecular weight excluding hydrogens is 504 g/mol. The summed E-state index contributed by atoms with van der Waals surface area (Å²) in [6.45, 7) is 13.6. The fourth-order valence-electron chi connectivity index (χ4n) is 6.75. The van der Waals surface area contributed by atoms with E-state index in [1.807, 2.05) is 0 Å². The number of carbonyl (C=O) groups is 1. The van der Waals surface area contributed by atoms with Crippen LogP contribution in [0.15, 0.2) is 47.4 Å². The van der Waals surface area contributed by atoms with Crippen LogP contribution in [0.4, 0.5) is 0 Å². The summed E-state index contributed by atoms with van der Waals surface area (Å²) >= 11 is 6.03. The van der Waals surface area contributed by atoms with Gasteiger partial charge in [0.2, 0.25) is 8.32 Å². The summed E-state index contributed by atoms with van der Waals surface area (Å²) in [5, 5.41) is 0.372. The summed E-state index contributed by atoms with van der Waals surface area (Å²) in [4.78, 5) is 14.4. The number of ketones is 1. The second kappa shape index (κ2) is 9.09. The highest BCUT2D eigenvalue weighted by Gasteiger charge is 2.59. The maximum atomic E-state index is 13.7. The maximum absolute atomic E-state index is 13.7. The minimum atomic E-state index is -1.88. The zero-order chi connectivity index (χ0) is 26.0. The van der Waals surface area contributed by atoms with Crippen molar-refractivity contribution in [2.75, 3.05) is 0 Å². The molecule has 0 amide bonds. The first kappa shape index (κ1) is 26.2. The highest BCUT2D eigenvalue weighted by molar-refractivity contribution is 7.86. The van der Waals surface area contributed by atoms with Crippen LogP contribution in [0.25, 0.3) is 0 Å². The van der Waals surface area contributed by atoms with Gasteiger partial charge in [0.1, 0.15) is 5.75 Å². The minimum Gasteiger partial charge on any atom is -0.543 e. The fourth-order valence-corrected chi connectivity index (χ4v) is 9.48. The monoisotopic (exact) mass is 542 g/mol. The molecule has 2 unspecified atom stereocenters. The van der Waals surface area contributed by atoms with Gasteiger partial charge in [-0.15, -0.1) is 0 Å². The van der Waals surface area contributed by atoms with Crippen molar-refractivity contribution in [3.63, 3.8) is 0 Å². The Hall–Kier alpha value is -1.43. The van der Waals surface area contributed by atoms with Crippen LogP contribution in [-0.2, 0) is 22.0 Å². The van der Waals surface area contributed by atoms with E-state index in [0.717, 1.165) is 37.9 Å². The molecule has 5 rings (SSSR count). The first-order valence-corrected chi connectivity index (χ1v) is 17.8. The van der Waals surface area contributed by atoms with Crippen molar-refractivity contribution in [3.8, 4) is 5.75 Å². The Balaban J connectivity index is 1.38. The van der Waals surface area contributed by atoms with Crippen LogP contribution in [0, 0.1) is 17.3 Å². The highest BCUT2D eigenvalue weighted by Crippen LogP contribution is 2.60. The van der Waals surface area contributed by atoms with Gasteiger partial charge in [0.25, 0.3) is 0 Å². The number of fused-ring (bicyclic) bond motifs is 5. The van der Waals surface area contributed by atoms with Crippen LogP contribution in [-0.4, -0.2) is 23.6 Å². The zero-order valence-corrected chi connectivity index (χ0v) is 25.0. The molecule has 0 spiro atoms. The number of halogens is 1. The van der Waals surface area contributed by atoms with E-state index in [9.17, 15) is 9.00 Å². The predicted octanol–water partition coefficient (Wildman–Crippen LogP) is 7.94. The standard InChI is InChI=1S/C30H39ClO3SSi/c1-29(2,3)36(5,6)34-21-10-14-23-19(17-21)7-13-25-24(23)15-16-30(4)26(25)18-27(28(30)32)35(33)22-11-8-20(31)9-12-22/h8-12,14,17,24-27H,7,13,15-16,18H2,1-6H3/t24-,25-,26+,27?,30+,35?/m1/s1. The quantitative estimate of drug-likeness (QED) is 0.368. The molecule has 6 heteroatoms. The Bertz CT molecular complexity index is 1200. The SMILES string of the molecule is CC(C)(C)[Si](C)(C)Oc1ccc2c(c1)CC[C@@H]1[C@@H]2CC[C@]2(C)C(=O)C(S(=O)c3ccc(Cl)cc3)C[C@@H]12. The summed E-state index contributed by atoms with van der Waals surface area (Å²) in [5.41, 5.74) is 2.50. The third-order valence-corrected chi connectivity index (χ3v) is 16.2. The lowest BCUT2D eigenvalue weighted by Crippen LogP contribution is -2.44. The fraction of sp³-hybridized carbons (Fsp3) is 0.567. The van der Waals surface area contributed by atoms with E-state index in [-0.39, 0.29) is 16.2 Å². The van der Waals surface area contributed by atoms with Gasteiger partial charge in [-0.2, -0.15) is 0 Å². The van der Waals surface area contributed by atoms with Gasteiger partial charge in [0, 0.05) is 15.3 Å². The van der Waals surface area contributed by atoms with Crippen molar-refractivity contribution in [2.45, 2.75) is 94.0 Å². The molecule has 0 heterocycles. The number of hydrogen-bond donors (Lipinski definition) is 0. The first-order valence-electron chi connectivity index (χ1n) is 13.3. The van der Waals surface area contributed by atoms with Crippen molar-refractivity contribution in [3.05, 3.63) is 58.6 Å². The number of benzene rings is 2. The largest absolute Gasteiger partial charge is 0.543 e. The van der Waals surface area contributed by atoms with Crippen LogP contribution in [0.3, 0.4) is 0 Å². The van der Waals surface area contributed by atoms with Crippen molar-refractivity contribution >= 4 is 36.5 Å². The molecule has 0 bridgehead atoms. The number of aryl methyl sites for hydroxylation is 1. The van der Waals surface area contributed by atoms with Crippen molar-refractivity contribution < 1.29 is 13.4 Å². The van der Waals surface area contributed by atoms with Gasteiger partial charge < -0.3 is 4.43 Å². The van der Waals surface area contributed by atoms with E-state index in [4.69, 9.17) is 16.0 Å². The second-order valence-electron chi connectivity index (χ2n) is 12.9. The number of Topliss-reactive ketones (excluding diaryl/α,β-unsaturated/α-hetero) is 1. The Labute approximate surface area is 224 Å². The molecule has 2 fully saturated rings. The molecule has 194 valence electrons. The molecule has 6 atom stereocenters. The molecule has 2 saturated carbocycles. The van der Waals surface area contributed by atoms with E-state index in [1.165, 1.54) is 11.1 Å². The van der Waals surface area contributed by atoms with Crippen LogP contribution in [0.2, 0.25) is 23.2 Å². The summed E-state index contributed by atoms with van der Waals surface area (Å²) < 4.78 is 20.1. The van der Waals surface area contributed by atoms with E-state index in [1.54, 1.807) is 24.3 Å². The van der Waals surface area contributed by atoms with Gasteiger partial charge in [0.15, 0.2) is 5.78 Å². The Morgan fingerprint density at radius 2 is 1.78 bits per heavy atom. The lowest BCUT2D eigenvalue weighted by atomic mass is 9.55. The Kier molecular flexibility index (Phi) is 6.61. The molecule has 2 aromatic carbocycles. The van der Waals surface area contributed by atoms with Gasteiger partial charge in [-0.1, -0.05) is 45.4 Å². The molecule has 0 radical (unpaired) electrons. The lowest BCUT2D eigenvalue weighted by Gasteiger charge is -2.48. The predicted molar refractivity (Wildman–Crippen MR) is 151 cm³/mol. The summed E-state index contributed by atoms with van der Waals surface area (Å²) in [5.74, 6) is 2.46. The van der Waals surface area contributed by atoms with Crippen molar-refractivity contribution in [1.29, 1.82) is 0 Å². The zero-order valence-electron chi connectivity index (χ0n) is 22.4. The highest BCUT2D eigenvalue weighted by atomic mass is 35.5. The Morgan fingerprint density at radius 1 is 1.08 bits per heavy atom. The smallest absolute Gasteiger partial charge is 0.250 e. The topological polar surface area (TPSA) is 43.4 Å². The van der Waals surface area contributed by atoms with E-state index in [2.05, 4.69) is 59.0 Å². The van der Waals surface area contributed by atoms with E-state index < -0.39 is 24.4 Å². The van der Waals surface area contributed by atoms with Gasteiger partial charge >= 0.3 is 0 Å². The first-order chi connectivity index (χ1) is 16.8. The molecule has 0 aliphatic heterocycles. The van der Waals surface area contributed by atoms with Gasteiger partial charge in [-0.05, 0) is 116 Å². The van der Waals surface area contributed by atoms with E-state index >= 15 is 0 Å². The molecule has 36 heavy (non-hydrogen) atoms. The van der Waals surface area contributed by atoms with Crippen LogP contribution in [0.5, 0.6) is 5.75 Å². The summed E-state index contributed by atoms with van der Waals surface area (Å²) in [6.07, 6.45) is 4.76. The third-order valence-electron chi connectivity index (χ3n) is 9.89. The van der Waals surface area contributed by atoms with Crippen LogP contribution >= 0.6 is 11.6 Å². The normalized spacial score (nSPS) is 30.8. The van der Waals surface area contributed by atoms with Crippen LogP contribution < -0.4 is 4.43 Å². The van der Waals surface area contributed by atoms with Gasteiger partial charge in [0.05, 0.1) is 16.0 Å². The minimum absolute atomic E-state index is 0.166. The molecule has 3 aliphatic rings. The number of hydrogen-bond acceptors (Lipinski definition) is 3. The van der Waals surface area contributed by atoms with Gasteiger partial charge in [-0.25, -0.2) is 0 Å². The molecule has 0 aromatic heterocycles. The second-order valence-corrected chi connectivity index (χ2v) is 19.7. The van der Waals surface area contributed by atoms with Crippen molar-refractivity contribution in [2.24, 2.45) is 17.3 Å². The molecular formula is C30H39ClO3SSi. The summed E-state index contributed by atoms with van der Waals surface area (Å²) in [7, 11) is -3.22. The van der Waals surface area contributed by atoms with Crippen LogP contribution in [0.1, 0.15) is 70.4 Å². The average molecular weight is 543 g/mol. The summed E-state index contributed by atoms with van der Waals surface area (Å²) in [6, 6.07) is 13.9. The molecule has 3 aliphatic carbocycles. The van der Waals surface area contributed by atoms with E-state index in [0.29, 0.717) is 27.7 Å². The number of carbonyl (C=O) groups excluding carboxylic acids is 1. The number of rotatable bonds is 4. The molecule has 0 saturated heterocycles. The molecule has 0 N–H and O–H groups in total. The van der Waals surface area contributed by atoms with Crippen molar-refractivity contribution in [1.82, 2.24) is 0 Å².